The highest BCUT2D eigenvalue weighted by Gasteiger charge is 2.36. The second-order valence-corrected chi connectivity index (χ2v) is 9.80. The second-order valence-electron chi connectivity index (χ2n) is 8.88. The number of hydrogen-bond donors (Lipinski definition) is 1. The van der Waals surface area contributed by atoms with Gasteiger partial charge in [0.15, 0.2) is 0 Å². The Morgan fingerprint density at radius 2 is 1.58 bits per heavy atom. The Morgan fingerprint density at radius 1 is 0.939 bits per heavy atom. The quantitative estimate of drug-likeness (QED) is 0.378. The van der Waals surface area contributed by atoms with Gasteiger partial charge in [0.25, 0.3) is 5.91 Å². The first-order chi connectivity index (χ1) is 16.0. The highest BCUT2D eigenvalue weighted by atomic mass is 79.9. The summed E-state index contributed by atoms with van der Waals surface area (Å²) in [6.07, 6.45) is 1.06. The van der Waals surface area contributed by atoms with E-state index in [0.29, 0.717) is 25.9 Å². The van der Waals surface area contributed by atoms with Gasteiger partial charge in [0.05, 0.1) is 11.2 Å². The number of likely N-dealkylation sites (tertiary alicyclic amines) is 1. The first-order valence-electron chi connectivity index (χ1n) is 11.4. The van der Waals surface area contributed by atoms with Crippen LogP contribution >= 0.6 is 15.9 Å². The molecule has 168 valence electrons. The number of nitrogens with zero attached hydrogens (tertiary/aromatic N) is 2. The lowest BCUT2D eigenvalue weighted by Crippen LogP contribution is -2.45. The highest BCUT2D eigenvalue weighted by Crippen LogP contribution is 2.35. The molecule has 0 radical (unpaired) electrons. The summed E-state index contributed by atoms with van der Waals surface area (Å²) in [6, 6.07) is 26.3. The normalized spacial score (nSPS) is 15.7. The molecular formula is C28H27BrN2O2. The number of benzene rings is 3. The zero-order chi connectivity index (χ0) is 23.0. The SMILES string of the molecule is Cc1c(C(=O)N2CCC(O)(c3ccc(Br)cc3)CC2)c2ccccc2n1Cc1ccccc1. The van der Waals surface area contributed by atoms with Gasteiger partial charge in [-0.15, -0.1) is 0 Å². The molecular weight excluding hydrogens is 476 g/mol. The van der Waals surface area contributed by atoms with Crippen molar-refractivity contribution in [1.29, 1.82) is 0 Å². The predicted octanol–water partition coefficient (Wildman–Crippen LogP) is 5.88. The van der Waals surface area contributed by atoms with Crippen LogP contribution in [0, 0.1) is 6.92 Å². The smallest absolute Gasteiger partial charge is 0.256 e. The van der Waals surface area contributed by atoms with E-state index in [0.717, 1.165) is 38.7 Å². The first-order valence-corrected chi connectivity index (χ1v) is 12.1. The van der Waals surface area contributed by atoms with Crippen molar-refractivity contribution in [3.8, 4) is 0 Å². The average Bonchev–Trinajstić information content (AvgIpc) is 3.11. The minimum atomic E-state index is -0.895. The van der Waals surface area contributed by atoms with E-state index in [1.165, 1.54) is 5.56 Å². The lowest BCUT2D eigenvalue weighted by molar-refractivity contribution is -0.0211. The van der Waals surface area contributed by atoms with E-state index in [4.69, 9.17) is 0 Å². The molecule has 0 saturated carbocycles. The Hall–Kier alpha value is -2.89. The lowest BCUT2D eigenvalue weighted by Gasteiger charge is -2.38. The van der Waals surface area contributed by atoms with E-state index in [9.17, 15) is 9.90 Å². The summed E-state index contributed by atoms with van der Waals surface area (Å²) in [4.78, 5) is 15.6. The summed E-state index contributed by atoms with van der Waals surface area (Å²) in [5.74, 6) is 0.0494. The van der Waals surface area contributed by atoms with Crippen LogP contribution in [0.25, 0.3) is 10.9 Å². The van der Waals surface area contributed by atoms with Crippen molar-refractivity contribution < 1.29 is 9.90 Å². The van der Waals surface area contributed by atoms with Gasteiger partial charge in [-0.2, -0.15) is 0 Å². The molecule has 2 heterocycles. The second kappa shape index (κ2) is 8.81. The van der Waals surface area contributed by atoms with Crippen LogP contribution < -0.4 is 0 Å². The molecule has 0 unspecified atom stereocenters. The van der Waals surface area contributed by atoms with Gasteiger partial charge in [-0.1, -0.05) is 76.6 Å². The van der Waals surface area contributed by atoms with Gasteiger partial charge < -0.3 is 14.6 Å². The highest BCUT2D eigenvalue weighted by molar-refractivity contribution is 9.10. The first kappa shape index (κ1) is 21.9. The summed E-state index contributed by atoms with van der Waals surface area (Å²) in [5.41, 5.74) is 4.06. The van der Waals surface area contributed by atoms with E-state index in [1.54, 1.807) is 0 Å². The molecule has 0 atom stereocenters. The molecule has 0 spiro atoms. The lowest BCUT2D eigenvalue weighted by atomic mass is 9.84. The van der Waals surface area contributed by atoms with Crippen LogP contribution in [0.15, 0.2) is 83.3 Å². The summed E-state index contributed by atoms with van der Waals surface area (Å²) >= 11 is 3.45. The number of fused-ring (bicyclic) bond motifs is 1. The van der Waals surface area contributed by atoms with Crippen molar-refractivity contribution in [2.24, 2.45) is 0 Å². The monoisotopic (exact) mass is 502 g/mol. The number of halogens is 1. The van der Waals surface area contributed by atoms with Gasteiger partial charge >= 0.3 is 0 Å². The molecule has 5 heteroatoms. The molecule has 1 amide bonds. The molecule has 0 aliphatic carbocycles. The maximum absolute atomic E-state index is 13.7. The molecule has 4 nitrogen and oxygen atoms in total. The molecule has 1 aliphatic rings. The third-order valence-corrected chi connectivity index (χ3v) is 7.42. The maximum atomic E-state index is 13.7. The number of aromatic nitrogens is 1. The fourth-order valence-electron chi connectivity index (χ4n) is 4.96. The number of carbonyl (C=O) groups excluding carboxylic acids is 1. The molecule has 3 aromatic carbocycles. The van der Waals surface area contributed by atoms with Gasteiger partial charge in [0.2, 0.25) is 0 Å². The molecule has 1 aromatic heterocycles. The van der Waals surface area contributed by atoms with Crippen LogP contribution in [0.5, 0.6) is 0 Å². The van der Waals surface area contributed by atoms with E-state index in [2.05, 4.69) is 38.7 Å². The molecule has 1 N–H and O–H groups in total. The fraction of sp³-hybridized carbons (Fsp3) is 0.250. The number of carbonyl (C=O) groups is 1. The number of amides is 1. The van der Waals surface area contributed by atoms with Crippen molar-refractivity contribution in [3.63, 3.8) is 0 Å². The molecule has 33 heavy (non-hydrogen) atoms. The van der Waals surface area contributed by atoms with Gasteiger partial charge in [-0.05, 0) is 49.1 Å². The van der Waals surface area contributed by atoms with Crippen LogP contribution in [0.3, 0.4) is 0 Å². The molecule has 4 aromatic rings. The Balaban J connectivity index is 1.42. The van der Waals surface area contributed by atoms with Crippen molar-refractivity contribution in [2.45, 2.75) is 31.9 Å². The minimum absolute atomic E-state index is 0.0494. The van der Waals surface area contributed by atoms with Crippen molar-refractivity contribution >= 4 is 32.7 Å². The van der Waals surface area contributed by atoms with Crippen LogP contribution in [-0.4, -0.2) is 33.6 Å². The largest absolute Gasteiger partial charge is 0.385 e. The van der Waals surface area contributed by atoms with E-state index < -0.39 is 5.60 Å². The molecule has 1 aliphatic heterocycles. The number of piperidine rings is 1. The molecule has 5 rings (SSSR count). The van der Waals surface area contributed by atoms with Crippen LogP contribution in [0.4, 0.5) is 0 Å². The fourth-order valence-corrected chi connectivity index (χ4v) is 5.22. The van der Waals surface area contributed by atoms with Gasteiger partial charge in [0.1, 0.15) is 0 Å². The number of rotatable bonds is 4. The topological polar surface area (TPSA) is 45.5 Å². The van der Waals surface area contributed by atoms with Gasteiger partial charge in [-0.25, -0.2) is 0 Å². The summed E-state index contributed by atoms with van der Waals surface area (Å²) < 4.78 is 3.23. The summed E-state index contributed by atoms with van der Waals surface area (Å²) in [6.45, 7) is 3.83. The minimum Gasteiger partial charge on any atom is -0.385 e. The third-order valence-electron chi connectivity index (χ3n) is 6.89. The molecule has 1 fully saturated rings. The van der Waals surface area contributed by atoms with Gasteiger partial charge in [0, 0.05) is 40.7 Å². The predicted molar refractivity (Wildman–Crippen MR) is 135 cm³/mol. The van der Waals surface area contributed by atoms with Crippen molar-refractivity contribution in [3.05, 3.63) is 106 Å². The molecule has 0 bridgehead atoms. The zero-order valence-corrected chi connectivity index (χ0v) is 20.3. The summed E-state index contributed by atoms with van der Waals surface area (Å²) in [5, 5.41) is 12.2. The van der Waals surface area contributed by atoms with E-state index in [-0.39, 0.29) is 5.91 Å². The number of hydrogen-bond acceptors (Lipinski definition) is 2. The van der Waals surface area contributed by atoms with Crippen molar-refractivity contribution in [1.82, 2.24) is 9.47 Å². The Kier molecular flexibility index (Phi) is 5.85. The zero-order valence-electron chi connectivity index (χ0n) is 18.7. The van der Waals surface area contributed by atoms with E-state index >= 15 is 0 Å². The Labute approximate surface area is 202 Å². The van der Waals surface area contributed by atoms with Crippen molar-refractivity contribution in [2.75, 3.05) is 13.1 Å². The number of aliphatic hydroxyl groups is 1. The van der Waals surface area contributed by atoms with Crippen LogP contribution in [0.2, 0.25) is 0 Å². The third kappa shape index (κ3) is 4.11. The Morgan fingerprint density at radius 3 is 2.27 bits per heavy atom. The molecule has 1 saturated heterocycles. The van der Waals surface area contributed by atoms with Crippen LogP contribution in [-0.2, 0) is 12.1 Å². The van der Waals surface area contributed by atoms with Gasteiger partial charge in [-0.3, -0.25) is 4.79 Å². The van der Waals surface area contributed by atoms with E-state index in [1.807, 2.05) is 72.5 Å². The average molecular weight is 503 g/mol. The number of para-hydroxylation sites is 1. The maximum Gasteiger partial charge on any atom is 0.256 e. The van der Waals surface area contributed by atoms with Crippen LogP contribution in [0.1, 0.15) is 40.0 Å². The Bertz CT molecular complexity index is 1290. The standard InChI is InChI=1S/C28H27BrN2O2/c1-20-26(24-9-5-6-10-25(24)31(20)19-21-7-3-2-4-8-21)27(32)30-17-15-28(33,16-18-30)22-11-13-23(29)14-12-22/h2-14,33H,15-19H2,1H3. The summed E-state index contributed by atoms with van der Waals surface area (Å²) in [7, 11) is 0.